The number of nitrogens with one attached hydrogen (secondary N) is 1. The fourth-order valence-corrected chi connectivity index (χ4v) is 1.69. The smallest absolute Gasteiger partial charge is 0.153 e. The summed E-state index contributed by atoms with van der Waals surface area (Å²) >= 11 is 0. The predicted octanol–water partition coefficient (Wildman–Crippen LogP) is 2.04. The van der Waals surface area contributed by atoms with E-state index >= 15 is 0 Å². The highest BCUT2D eigenvalue weighted by Crippen LogP contribution is 2.18. The van der Waals surface area contributed by atoms with Gasteiger partial charge in [-0.25, -0.2) is 9.50 Å². The lowest BCUT2D eigenvalue weighted by atomic mass is 9.92. The van der Waals surface area contributed by atoms with Crippen LogP contribution in [0, 0.1) is 5.41 Å². The summed E-state index contributed by atoms with van der Waals surface area (Å²) in [4.78, 5) is 4.34. The first-order valence-electron chi connectivity index (χ1n) is 6.27. The fraction of sp³-hybridized carbons (Fsp3) is 0.538. The predicted molar refractivity (Wildman–Crippen MR) is 73.4 cm³/mol. The minimum absolute atomic E-state index is 0.332. The van der Waals surface area contributed by atoms with E-state index < -0.39 is 0 Å². The maximum absolute atomic E-state index is 5.56. The van der Waals surface area contributed by atoms with Gasteiger partial charge >= 0.3 is 0 Å². The number of imidazole rings is 1. The maximum Gasteiger partial charge on any atom is 0.153 e. The van der Waals surface area contributed by atoms with E-state index in [0.717, 1.165) is 30.1 Å². The van der Waals surface area contributed by atoms with Crippen LogP contribution in [0.15, 0.2) is 18.3 Å². The Bertz CT molecular complexity index is 524. The van der Waals surface area contributed by atoms with Crippen LogP contribution in [0.5, 0.6) is 0 Å². The van der Waals surface area contributed by atoms with E-state index in [1.807, 2.05) is 18.3 Å². The molecular weight excluding hydrogens is 226 g/mol. The van der Waals surface area contributed by atoms with Crippen molar-refractivity contribution in [3.8, 4) is 0 Å². The minimum atomic E-state index is 0.332. The van der Waals surface area contributed by atoms with Crippen molar-refractivity contribution >= 4 is 11.5 Å². The SMILES string of the molecule is CC(C)(C)CCNc1ccc2nc(CN)cn2n1. The Morgan fingerprint density at radius 3 is 2.78 bits per heavy atom. The van der Waals surface area contributed by atoms with Crippen LogP contribution in [0.1, 0.15) is 32.9 Å². The summed E-state index contributed by atoms with van der Waals surface area (Å²) in [6.07, 6.45) is 2.97. The van der Waals surface area contributed by atoms with E-state index in [0.29, 0.717) is 12.0 Å². The molecule has 0 saturated carbocycles. The number of hydrogen-bond acceptors (Lipinski definition) is 4. The zero-order valence-corrected chi connectivity index (χ0v) is 11.3. The van der Waals surface area contributed by atoms with Gasteiger partial charge in [0.25, 0.3) is 0 Å². The summed E-state index contributed by atoms with van der Waals surface area (Å²) < 4.78 is 1.77. The molecule has 0 aromatic carbocycles. The van der Waals surface area contributed by atoms with Crippen molar-refractivity contribution in [3.05, 3.63) is 24.0 Å². The van der Waals surface area contributed by atoms with Crippen LogP contribution in [-0.4, -0.2) is 21.1 Å². The Morgan fingerprint density at radius 1 is 1.33 bits per heavy atom. The van der Waals surface area contributed by atoms with Gasteiger partial charge in [0.1, 0.15) is 5.82 Å². The van der Waals surface area contributed by atoms with E-state index in [1.165, 1.54) is 0 Å². The first kappa shape index (κ1) is 12.8. The van der Waals surface area contributed by atoms with Crippen LogP contribution in [0.3, 0.4) is 0 Å². The van der Waals surface area contributed by atoms with Crippen molar-refractivity contribution in [2.75, 3.05) is 11.9 Å². The zero-order chi connectivity index (χ0) is 13.2. The van der Waals surface area contributed by atoms with E-state index in [4.69, 9.17) is 5.73 Å². The second-order valence-electron chi connectivity index (χ2n) is 5.70. The van der Waals surface area contributed by atoms with E-state index in [2.05, 4.69) is 36.2 Å². The Hall–Kier alpha value is -1.62. The van der Waals surface area contributed by atoms with Gasteiger partial charge in [-0.05, 0) is 24.0 Å². The zero-order valence-electron chi connectivity index (χ0n) is 11.3. The van der Waals surface area contributed by atoms with Crippen molar-refractivity contribution in [2.45, 2.75) is 33.7 Å². The number of fused-ring (bicyclic) bond motifs is 1. The summed E-state index contributed by atoms with van der Waals surface area (Å²) in [6, 6.07) is 3.90. The normalized spacial score (nSPS) is 12.0. The van der Waals surface area contributed by atoms with Gasteiger partial charge in [-0.15, -0.1) is 5.10 Å². The topological polar surface area (TPSA) is 68.2 Å². The molecule has 5 heteroatoms. The molecule has 3 N–H and O–H groups in total. The number of hydrogen-bond donors (Lipinski definition) is 2. The fourth-order valence-electron chi connectivity index (χ4n) is 1.69. The van der Waals surface area contributed by atoms with E-state index in [-0.39, 0.29) is 0 Å². The van der Waals surface area contributed by atoms with Gasteiger partial charge in [-0.1, -0.05) is 20.8 Å². The first-order valence-corrected chi connectivity index (χ1v) is 6.27. The standard InChI is InChI=1S/C13H21N5/c1-13(2,3)6-7-15-11-4-5-12-16-10(8-14)9-18(12)17-11/h4-5,9H,6-8,14H2,1-3H3,(H,15,17). The monoisotopic (exact) mass is 247 g/mol. The highest BCUT2D eigenvalue weighted by atomic mass is 15.3. The van der Waals surface area contributed by atoms with Crippen molar-refractivity contribution < 1.29 is 0 Å². The van der Waals surface area contributed by atoms with Gasteiger partial charge in [-0.3, -0.25) is 0 Å². The van der Waals surface area contributed by atoms with E-state index in [1.54, 1.807) is 4.52 Å². The van der Waals surface area contributed by atoms with Crippen molar-refractivity contribution in [1.29, 1.82) is 0 Å². The molecule has 0 atom stereocenters. The highest BCUT2D eigenvalue weighted by molar-refractivity contribution is 5.45. The average Bonchev–Trinajstić information content (AvgIpc) is 2.69. The summed E-state index contributed by atoms with van der Waals surface area (Å²) in [5.74, 6) is 0.868. The number of aromatic nitrogens is 3. The summed E-state index contributed by atoms with van der Waals surface area (Å²) in [5, 5.41) is 7.78. The highest BCUT2D eigenvalue weighted by Gasteiger charge is 2.09. The van der Waals surface area contributed by atoms with Crippen LogP contribution >= 0.6 is 0 Å². The number of rotatable bonds is 4. The van der Waals surface area contributed by atoms with Crippen molar-refractivity contribution in [2.24, 2.45) is 11.1 Å². The van der Waals surface area contributed by atoms with Gasteiger partial charge in [-0.2, -0.15) is 0 Å². The molecule has 0 aliphatic carbocycles. The molecule has 18 heavy (non-hydrogen) atoms. The van der Waals surface area contributed by atoms with Gasteiger partial charge in [0, 0.05) is 13.1 Å². The molecule has 0 unspecified atom stereocenters. The second-order valence-corrected chi connectivity index (χ2v) is 5.70. The Morgan fingerprint density at radius 2 is 2.11 bits per heavy atom. The molecule has 98 valence electrons. The molecule has 0 spiro atoms. The van der Waals surface area contributed by atoms with Gasteiger partial charge in [0.2, 0.25) is 0 Å². The molecular formula is C13H21N5. The first-order chi connectivity index (χ1) is 8.48. The minimum Gasteiger partial charge on any atom is -0.369 e. The Balaban J connectivity index is 2.05. The molecule has 2 aromatic heterocycles. The van der Waals surface area contributed by atoms with Crippen LogP contribution in [0.25, 0.3) is 5.65 Å². The van der Waals surface area contributed by atoms with Crippen LogP contribution in [-0.2, 0) is 6.54 Å². The third-order valence-electron chi connectivity index (χ3n) is 2.76. The molecule has 2 heterocycles. The van der Waals surface area contributed by atoms with Crippen molar-refractivity contribution in [3.63, 3.8) is 0 Å². The number of nitrogens with zero attached hydrogens (tertiary/aromatic N) is 3. The Labute approximate surface area is 107 Å². The van der Waals surface area contributed by atoms with Gasteiger partial charge in [0.05, 0.1) is 11.9 Å². The summed E-state index contributed by atoms with van der Waals surface area (Å²) in [5.41, 5.74) is 7.58. The molecule has 0 amide bonds. The summed E-state index contributed by atoms with van der Waals surface area (Å²) in [6.45, 7) is 8.05. The third-order valence-corrected chi connectivity index (χ3v) is 2.76. The Kier molecular flexibility index (Phi) is 3.52. The van der Waals surface area contributed by atoms with Crippen LogP contribution in [0.2, 0.25) is 0 Å². The van der Waals surface area contributed by atoms with Gasteiger partial charge in [0.15, 0.2) is 5.65 Å². The second kappa shape index (κ2) is 4.94. The van der Waals surface area contributed by atoms with E-state index in [9.17, 15) is 0 Å². The van der Waals surface area contributed by atoms with Crippen LogP contribution < -0.4 is 11.1 Å². The molecule has 0 bridgehead atoms. The van der Waals surface area contributed by atoms with Crippen LogP contribution in [0.4, 0.5) is 5.82 Å². The number of nitrogens with two attached hydrogens (primary N) is 1. The average molecular weight is 247 g/mol. The molecule has 0 fully saturated rings. The molecule has 2 aromatic rings. The molecule has 0 saturated heterocycles. The van der Waals surface area contributed by atoms with Crippen molar-refractivity contribution in [1.82, 2.24) is 14.6 Å². The lowest BCUT2D eigenvalue weighted by Crippen LogP contribution is -2.13. The quantitative estimate of drug-likeness (QED) is 0.867. The molecule has 0 aliphatic heterocycles. The third kappa shape index (κ3) is 3.20. The lowest BCUT2D eigenvalue weighted by Gasteiger charge is -2.18. The molecule has 0 radical (unpaired) electrons. The van der Waals surface area contributed by atoms with Gasteiger partial charge < -0.3 is 11.1 Å². The largest absolute Gasteiger partial charge is 0.369 e. The molecule has 0 aliphatic rings. The lowest BCUT2D eigenvalue weighted by molar-refractivity contribution is 0.389. The summed E-state index contributed by atoms with van der Waals surface area (Å²) in [7, 11) is 0. The molecule has 5 nitrogen and oxygen atoms in total. The maximum atomic E-state index is 5.56. The molecule has 2 rings (SSSR count). The number of anilines is 1.